The molecular formula is C18H12ClN3O4. The van der Waals surface area contributed by atoms with Crippen LogP contribution in [-0.4, -0.2) is 15.8 Å². The molecule has 0 radical (unpaired) electrons. The first-order chi connectivity index (χ1) is 12.5. The Morgan fingerprint density at radius 3 is 2.35 bits per heavy atom. The quantitative estimate of drug-likeness (QED) is 0.520. The summed E-state index contributed by atoms with van der Waals surface area (Å²) >= 11 is 5.76. The zero-order valence-electron chi connectivity index (χ0n) is 13.3. The van der Waals surface area contributed by atoms with E-state index in [4.69, 9.17) is 16.3 Å². The summed E-state index contributed by atoms with van der Waals surface area (Å²) in [6, 6.07) is 13.9. The monoisotopic (exact) mass is 369 g/mol. The van der Waals surface area contributed by atoms with Gasteiger partial charge in [0.15, 0.2) is 0 Å². The number of nitro groups is 1. The lowest BCUT2D eigenvalue weighted by atomic mass is 10.1. The molecule has 26 heavy (non-hydrogen) atoms. The van der Waals surface area contributed by atoms with Crippen LogP contribution < -0.4 is 10.1 Å². The second kappa shape index (κ2) is 7.62. The van der Waals surface area contributed by atoms with Gasteiger partial charge >= 0.3 is 0 Å². The molecule has 3 aromatic rings. The first kappa shape index (κ1) is 17.4. The van der Waals surface area contributed by atoms with Gasteiger partial charge in [0.25, 0.3) is 11.6 Å². The Labute approximate surface area is 153 Å². The minimum atomic E-state index is -0.646. The second-order valence-electron chi connectivity index (χ2n) is 5.18. The van der Waals surface area contributed by atoms with Crippen LogP contribution in [0, 0.1) is 10.1 Å². The molecule has 0 aliphatic rings. The van der Waals surface area contributed by atoms with Gasteiger partial charge in [0.1, 0.15) is 17.1 Å². The minimum absolute atomic E-state index is 0.0727. The number of rotatable bonds is 5. The molecule has 8 heteroatoms. The molecule has 1 amide bonds. The van der Waals surface area contributed by atoms with Crippen LogP contribution in [0.25, 0.3) is 0 Å². The molecule has 0 aliphatic carbocycles. The average Bonchev–Trinajstić information content (AvgIpc) is 2.64. The van der Waals surface area contributed by atoms with E-state index in [1.165, 1.54) is 12.1 Å². The van der Waals surface area contributed by atoms with Crippen molar-refractivity contribution >= 4 is 28.9 Å². The van der Waals surface area contributed by atoms with Crippen molar-refractivity contribution in [3.63, 3.8) is 0 Å². The van der Waals surface area contributed by atoms with Gasteiger partial charge in [-0.2, -0.15) is 0 Å². The summed E-state index contributed by atoms with van der Waals surface area (Å²) in [7, 11) is 0. The van der Waals surface area contributed by atoms with Gasteiger partial charge in [0, 0.05) is 29.2 Å². The number of pyridine rings is 1. The van der Waals surface area contributed by atoms with Crippen LogP contribution in [0.1, 0.15) is 10.4 Å². The highest BCUT2D eigenvalue weighted by Crippen LogP contribution is 2.25. The van der Waals surface area contributed by atoms with E-state index < -0.39 is 10.8 Å². The number of hydrogen-bond acceptors (Lipinski definition) is 5. The van der Waals surface area contributed by atoms with Gasteiger partial charge in [-0.15, -0.1) is 0 Å². The number of ether oxygens (including phenoxy) is 1. The number of halogens is 1. The van der Waals surface area contributed by atoms with Gasteiger partial charge in [-0.05, 0) is 48.5 Å². The van der Waals surface area contributed by atoms with E-state index in [0.717, 1.165) is 6.07 Å². The fraction of sp³-hybridized carbons (Fsp3) is 0. The zero-order valence-corrected chi connectivity index (χ0v) is 14.0. The summed E-state index contributed by atoms with van der Waals surface area (Å²) < 4.78 is 5.63. The molecule has 130 valence electrons. The summed E-state index contributed by atoms with van der Waals surface area (Å²) in [5.41, 5.74) is 0.0467. The van der Waals surface area contributed by atoms with Crippen LogP contribution in [0.15, 0.2) is 67.0 Å². The number of carbonyl (C=O) groups is 1. The third-order valence-corrected chi connectivity index (χ3v) is 3.63. The molecule has 0 fully saturated rings. The standard InChI is InChI=1S/C18H12ClN3O4/c19-12-1-6-16(17(11-12)22(24)25)18(23)21-13-2-4-14(5-3-13)26-15-7-9-20-10-8-15/h1-11H,(H,21,23). The lowest BCUT2D eigenvalue weighted by Gasteiger charge is -2.08. The van der Waals surface area contributed by atoms with E-state index in [-0.39, 0.29) is 16.3 Å². The van der Waals surface area contributed by atoms with Crippen LogP contribution in [0.3, 0.4) is 0 Å². The SMILES string of the molecule is O=C(Nc1ccc(Oc2ccncc2)cc1)c1ccc(Cl)cc1[N+](=O)[O-]. The third-order valence-electron chi connectivity index (χ3n) is 3.40. The first-order valence-corrected chi connectivity index (χ1v) is 7.84. The second-order valence-corrected chi connectivity index (χ2v) is 5.62. The molecule has 1 heterocycles. The van der Waals surface area contributed by atoms with Gasteiger partial charge in [-0.3, -0.25) is 19.9 Å². The highest BCUT2D eigenvalue weighted by atomic mass is 35.5. The van der Waals surface area contributed by atoms with Crippen molar-refractivity contribution in [3.05, 3.63) is 87.7 Å². The number of anilines is 1. The Hall–Kier alpha value is -3.45. The van der Waals surface area contributed by atoms with Gasteiger partial charge in [-0.1, -0.05) is 11.6 Å². The summed E-state index contributed by atoms with van der Waals surface area (Å²) in [6.07, 6.45) is 3.23. The van der Waals surface area contributed by atoms with Crippen LogP contribution in [0.5, 0.6) is 11.5 Å². The first-order valence-electron chi connectivity index (χ1n) is 7.46. The largest absolute Gasteiger partial charge is 0.457 e. The third kappa shape index (κ3) is 4.14. The van der Waals surface area contributed by atoms with Gasteiger partial charge in [0.05, 0.1) is 4.92 Å². The number of nitrogens with zero attached hydrogens (tertiary/aromatic N) is 2. The van der Waals surface area contributed by atoms with Crippen molar-refractivity contribution in [1.29, 1.82) is 0 Å². The lowest BCUT2D eigenvalue weighted by Crippen LogP contribution is -2.13. The topological polar surface area (TPSA) is 94.4 Å². The van der Waals surface area contributed by atoms with Gasteiger partial charge in [0.2, 0.25) is 0 Å². The fourth-order valence-corrected chi connectivity index (χ4v) is 2.36. The Morgan fingerprint density at radius 1 is 1.04 bits per heavy atom. The summed E-state index contributed by atoms with van der Waals surface area (Å²) in [5.74, 6) is 0.608. The lowest BCUT2D eigenvalue weighted by molar-refractivity contribution is -0.385. The van der Waals surface area contributed by atoms with Crippen molar-refractivity contribution in [2.45, 2.75) is 0 Å². The van der Waals surface area contributed by atoms with E-state index >= 15 is 0 Å². The van der Waals surface area contributed by atoms with E-state index in [1.54, 1.807) is 48.8 Å². The van der Waals surface area contributed by atoms with E-state index in [1.807, 2.05) is 0 Å². The molecule has 3 rings (SSSR count). The molecule has 1 aromatic heterocycles. The molecule has 0 atom stereocenters. The summed E-state index contributed by atoms with van der Waals surface area (Å²) in [4.78, 5) is 26.7. The maximum Gasteiger partial charge on any atom is 0.283 e. The molecule has 0 aliphatic heterocycles. The van der Waals surface area contributed by atoms with E-state index in [0.29, 0.717) is 17.2 Å². The van der Waals surface area contributed by atoms with Crippen LogP contribution >= 0.6 is 11.6 Å². The minimum Gasteiger partial charge on any atom is -0.457 e. The smallest absolute Gasteiger partial charge is 0.283 e. The maximum atomic E-state index is 12.3. The number of nitro benzene ring substituents is 1. The zero-order chi connectivity index (χ0) is 18.5. The molecule has 2 aromatic carbocycles. The van der Waals surface area contributed by atoms with Crippen LogP contribution in [-0.2, 0) is 0 Å². The number of hydrogen-bond donors (Lipinski definition) is 1. The van der Waals surface area contributed by atoms with Crippen molar-refractivity contribution in [2.24, 2.45) is 0 Å². The molecule has 1 N–H and O–H groups in total. The number of nitrogens with one attached hydrogen (secondary N) is 1. The number of aromatic nitrogens is 1. The van der Waals surface area contributed by atoms with Crippen molar-refractivity contribution in [3.8, 4) is 11.5 Å². The average molecular weight is 370 g/mol. The predicted octanol–water partition coefficient (Wildman–Crippen LogP) is 4.69. The fourth-order valence-electron chi connectivity index (χ4n) is 2.19. The highest BCUT2D eigenvalue weighted by Gasteiger charge is 2.20. The van der Waals surface area contributed by atoms with Crippen molar-refractivity contribution in [2.75, 3.05) is 5.32 Å². The highest BCUT2D eigenvalue weighted by molar-refractivity contribution is 6.31. The molecule has 0 spiro atoms. The normalized spacial score (nSPS) is 10.2. The number of amides is 1. The van der Waals surface area contributed by atoms with Crippen LogP contribution in [0.2, 0.25) is 5.02 Å². The number of benzene rings is 2. The summed E-state index contributed by atoms with van der Waals surface area (Å²) in [5, 5.41) is 13.9. The predicted molar refractivity (Wildman–Crippen MR) is 96.8 cm³/mol. The molecule has 0 unspecified atom stereocenters. The Morgan fingerprint density at radius 2 is 1.69 bits per heavy atom. The Bertz CT molecular complexity index is 946. The molecule has 0 bridgehead atoms. The molecule has 0 saturated heterocycles. The molecular weight excluding hydrogens is 358 g/mol. The van der Waals surface area contributed by atoms with E-state index in [2.05, 4.69) is 10.3 Å². The van der Waals surface area contributed by atoms with Gasteiger partial charge in [-0.25, -0.2) is 0 Å². The summed E-state index contributed by atoms with van der Waals surface area (Å²) in [6.45, 7) is 0. The van der Waals surface area contributed by atoms with Crippen molar-refractivity contribution < 1.29 is 14.5 Å². The maximum absolute atomic E-state index is 12.3. The Kier molecular flexibility index (Phi) is 5.09. The van der Waals surface area contributed by atoms with E-state index in [9.17, 15) is 14.9 Å². The molecule has 0 saturated carbocycles. The van der Waals surface area contributed by atoms with Gasteiger partial charge < -0.3 is 10.1 Å². The number of carbonyl (C=O) groups excluding carboxylic acids is 1. The van der Waals surface area contributed by atoms with Crippen LogP contribution in [0.4, 0.5) is 11.4 Å². The Balaban J connectivity index is 1.73. The molecule has 7 nitrogen and oxygen atoms in total. The van der Waals surface area contributed by atoms with Crippen molar-refractivity contribution in [1.82, 2.24) is 4.98 Å².